The van der Waals surface area contributed by atoms with E-state index in [1.54, 1.807) is 0 Å². The van der Waals surface area contributed by atoms with E-state index in [-0.39, 0.29) is 22.6 Å². The molecule has 98 valence electrons. The van der Waals surface area contributed by atoms with Gasteiger partial charge in [-0.1, -0.05) is 20.8 Å². The standard InChI is InChI=1S/C14H31NO/c1-12(2,3)11(16)10-15(13(4,5)6)14(7,8)9/h11,16H,10H2,1-9H3. The first-order valence-corrected chi connectivity index (χ1v) is 6.22. The molecule has 0 rings (SSSR count). The Morgan fingerprint density at radius 2 is 1.12 bits per heavy atom. The van der Waals surface area contributed by atoms with E-state index >= 15 is 0 Å². The van der Waals surface area contributed by atoms with Crippen LogP contribution in [0.3, 0.4) is 0 Å². The van der Waals surface area contributed by atoms with E-state index in [1.165, 1.54) is 0 Å². The van der Waals surface area contributed by atoms with Gasteiger partial charge in [0, 0.05) is 17.6 Å². The molecule has 2 heteroatoms. The molecule has 0 amide bonds. The van der Waals surface area contributed by atoms with E-state index < -0.39 is 0 Å². The van der Waals surface area contributed by atoms with Gasteiger partial charge in [-0.2, -0.15) is 0 Å². The molecule has 0 aliphatic heterocycles. The molecule has 0 bridgehead atoms. The quantitative estimate of drug-likeness (QED) is 0.785. The largest absolute Gasteiger partial charge is 0.391 e. The van der Waals surface area contributed by atoms with E-state index in [4.69, 9.17) is 0 Å². The number of hydrogen-bond donors (Lipinski definition) is 1. The van der Waals surface area contributed by atoms with Gasteiger partial charge in [-0.15, -0.1) is 0 Å². The molecule has 0 fully saturated rings. The van der Waals surface area contributed by atoms with E-state index in [0.717, 1.165) is 6.54 Å². The van der Waals surface area contributed by atoms with Crippen molar-refractivity contribution in [2.45, 2.75) is 79.5 Å². The first-order valence-electron chi connectivity index (χ1n) is 6.22. The predicted octanol–water partition coefficient (Wildman–Crippen LogP) is 3.29. The summed E-state index contributed by atoms with van der Waals surface area (Å²) >= 11 is 0. The minimum absolute atomic E-state index is 0.0608. The van der Waals surface area contributed by atoms with E-state index in [0.29, 0.717) is 0 Å². The summed E-state index contributed by atoms with van der Waals surface area (Å²) < 4.78 is 0. The number of aliphatic hydroxyl groups excluding tert-OH is 1. The maximum atomic E-state index is 10.2. The Labute approximate surface area is 102 Å². The molecule has 1 unspecified atom stereocenters. The highest BCUT2D eigenvalue weighted by Crippen LogP contribution is 2.28. The number of β-amino-alcohol motifs (C(OH)–C–C–N with tert-alkyl or cyclic N) is 1. The zero-order valence-corrected chi connectivity index (χ0v) is 12.7. The Kier molecular flexibility index (Phi) is 4.63. The molecule has 0 aromatic carbocycles. The van der Waals surface area contributed by atoms with Crippen LogP contribution in [0.25, 0.3) is 0 Å². The van der Waals surface area contributed by atoms with Crippen molar-refractivity contribution in [2.24, 2.45) is 5.41 Å². The van der Waals surface area contributed by atoms with Gasteiger partial charge in [0.05, 0.1) is 6.10 Å². The summed E-state index contributed by atoms with van der Waals surface area (Å²) in [6.45, 7) is 20.2. The fourth-order valence-corrected chi connectivity index (χ4v) is 2.00. The summed E-state index contributed by atoms with van der Waals surface area (Å²) in [4.78, 5) is 2.37. The SMILES string of the molecule is CC(C)(C)C(O)CN(C(C)(C)C)C(C)(C)C. The lowest BCUT2D eigenvalue weighted by atomic mass is 9.86. The maximum absolute atomic E-state index is 10.2. The molecule has 0 radical (unpaired) electrons. The van der Waals surface area contributed by atoms with Gasteiger partial charge < -0.3 is 5.11 Å². The molecule has 0 aliphatic rings. The minimum atomic E-state index is -0.300. The molecule has 0 aromatic heterocycles. The molecule has 0 heterocycles. The van der Waals surface area contributed by atoms with Crippen LogP contribution in [0, 0.1) is 5.41 Å². The highest BCUT2D eigenvalue weighted by molar-refractivity contribution is 4.90. The number of hydrogen-bond acceptors (Lipinski definition) is 2. The second-order valence-electron chi connectivity index (χ2n) is 7.83. The normalized spacial score (nSPS) is 16.7. The van der Waals surface area contributed by atoms with Gasteiger partial charge >= 0.3 is 0 Å². The van der Waals surface area contributed by atoms with E-state index in [2.05, 4.69) is 67.2 Å². The third kappa shape index (κ3) is 4.84. The predicted molar refractivity (Wildman–Crippen MR) is 71.7 cm³/mol. The first kappa shape index (κ1) is 15.9. The Bertz CT molecular complexity index is 200. The van der Waals surface area contributed by atoms with Crippen LogP contribution in [0.5, 0.6) is 0 Å². The van der Waals surface area contributed by atoms with Crippen LogP contribution in [-0.4, -0.2) is 33.7 Å². The van der Waals surface area contributed by atoms with Gasteiger partial charge in [0.2, 0.25) is 0 Å². The Balaban J connectivity index is 4.85. The zero-order valence-electron chi connectivity index (χ0n) is 12.7. The van der Waals surface area contributed by atoms with Gasteiger partial charge in [-0.05, 0) is 47.0 Å². The topological polar surface area (TPSA) is 23.5 Å². The third-order valence-electron chi connectivity index (χ3n) is 2.97. The van der Waals surface area contributed by atoms with Crippen molar-refractivity contribution in [3.05, 3.63) is 0 Å². The van der Waals surface area contributed by atoms with Crippen molar-refractivity contribution in [1.82, 2.24) is 4.90 Å². The molecule has 0 spiro atoms. The summed E-state index contributed by atoms with van der Waals surface area (Å²) in [6.07, 6.45) is -0.300. The van der Waals surface area contributed by atoms with E-state index in [1.807, 2.05) is 0 Å². The molecule has 0 aliphatic carbocycles. The smallest absolute Gasteiger partial charge is 0.0715 e. The molecule has 1 atom stereocenters. The van der Waals surface area contributed by atoms with Crippen LogP contribution >= 0.6 is 0 Å². The average Bonchev–Trinajstić information content (AvgIpc) is 1.92. The fraction of sp³-hybridized carbons (Fsp3) is 1.00. The highest BCUT2D eigenvalue weighted by Gasteiger charge is 2.35. The third-order valence-corrected chi connectivity index (χ3v) is 2.97. The lowest BCUT2D eigenvalue weighted by Gasteiger charge is -2.47. The Morgan fingerprint density at radius 1 is 0.812 bits per heavy atom. The fourth-order valence-electron chi connectivity index (χ4n) is 2.00. The van der Waals surface area contributed by atoms with E-state index in [9.17, 15) is 5.11 Å². The summed E-state index contributed by atoms with van der Waals surface area (Å²) in [7, 11) is 0. The molecule has 2 nitrogen and oxygen atoms in total. The molecular formula is C14H31NO. The molecule has 0 aromatic rings. The number of aliphatic hydroxyl groups is 1. The van der Waals surface area contributed by atoms with Gasteiger partial charge in [0.25, 0.3) is 0 Å². The van der Waals surface area contributed by atoms with Crippen molar-refractivity contribution in [3.63, 3.8) is 0 Å². The van der Waals surface area contributed by atoms with Gasteiger partial charge in [-0.3, -0.25) is 4.90 Å². The summed E-state index contributed by atoms with van der Waals surface area (Å²) in [5.74, 6) is 0. The molecule has 16 heavy (non-hydrogen) atoms. The number of rotatable bonds is 2. The van der Waals surface area contributed by atoms with Gasteiger partial charge in [-0.25, -0.2) is 0 Å². The van der Waals surface area contributed by atoms with Crippen molar-refractivity contribution in [3.8, 4) is 0 Å². The van der Waals surface area contributed by atoms with Gasteiger partial charge in [0.15, 0.2) is 0 Å². The zero-order chi connectivity index (χ0) is 13.4. The van der Waals surface area contributed by atoms with Crippen LogP contribution in [-0.2, 0) is 0 Å². The summed E-state index contributed by atoms with van der Waals surface area (Å²) in [5, 5.41) is 10.2. The molecule has 0 saturated carbocycles. The number of nitrogens with zero attached hydrogens (tertiary/aromatic N) is 1. The van der Waals surface area contributed by atoms with Crippen molar-refractivity contribution >= 4 is 0 Å². The van der Waals surface area contributed by atoms with Gasteiger partial charge in [0.1, 0.15) is 0 Å². The van der Waals surface area contributed by atoms with Crippen LogP contribution in [0.1, 0.15) is 62.3 Å². The van der Waals surface area contributed by atoms with Crippen LogP contribution in [0.2, 0.25) is 0 Å². The second kappa shape index (κ2) is 4.66. The molecule has 0 saturated heterocycles. The second-order valence-corrected chi connectivity index (χ2v) is 7.83. The maximum Gasteiger partial charge on any atom is 0.0715 e. The lowest BCUT2D eigenvalue weighted by Crippen LogP contribution is -2.56. The highest BCUT2D eigenvalue weighted by atomic mass is 16.3. The van der Waals surface area contributed by atoms with Crippen molar-refractivity contribution in [2.75, 3.05) is 6.54 Å². The van der Waals surface area contributed by atoms with Crippen molar-refractivity contribution < 1.29 is 5.11 Å². The molecular weight excluding hydrogens is 198 g/mol. The Hall–Kier alpha value is -0.0800. The van der Waals surface area contributed by atoms with Crippen LogP contribution in [0.4, 0.5) is 0 Å². The summed E-state index contributed by atoms with van der Waals surface area (Å²) in [6, 6.07) is 0. The van der Waals surface area contributed by atoms with Crippen LogP contribution in [0.15, 0.2) is 0 Å². The van der Waals surface area contributed by atoms with Crippen molar-refractivity contribution in [1.29, 1.82) is 0 Å². The molecule has 1 N–H and O–H groups in total. The monoisotopic (exact) mass is 229 g/mol. The minimum Gasteiger partial charge on any atom is -0.391 e. The Morgan fingerprint density at radius 3 is 1.31 bits per heavy atom. The van der Waals surface area contributed by atoms with Crippen LogP contribution < -0.4 is 0 Å². The lowest BCUT2D eigenvalue weighted by molar-refractivity contribution is -0.0391. The average molecular weight is 229 g/mol. The first-order chi connectivity index (χ1) is 6.76. The summed E-state index contributed by atoms with van der Waals surface area (Å²) in [5.41, 5.74) is 0.0870.